The molecule has 2 rings (SSSR count). The van der Waals surface area contributed by atoms with Gasteiger partial charge in [-0.25, -0.2) is 9.97 Å². The molecule has 0 radical (unpaired) electrons. The molecular formula is C11H10BrCl2N3S. The van der Waals surface area contributed by atoms with Gasteiger partial charge in [-0.3, -0.25) is 0 Å². The monoisotopic (exact) mass is 365 g/mol. The van der Waals surface area contributed by atoms with Crippen LogP contribution in [0.1, 0.15) is 11.1 Å². The Labute approximate surface area is 128 Å². The summed E-state index contributed by atoms with van der Waals surface area (Å²) in [6.07, 6.45) is 1.45. The van der Waals surface area contributed by atoms with Gasteiger partial charge in [0, 0.05) is 19.2 Å². The van der Waals surface area contributed by atoms with Gasteiger partial charge in [-0.1, -0.05) is 11.6 Å². The zero-order chi connectivity index (χ0) is 13.1. The molecule has 0 spiro atoms. The van der Waals surface area contributed by atoms with Crippen molar-refractivity contribution in [1.29, 1.82) is 0 Å². The quantitative estimate of drug-likeness (QED) is 0.595. The van der Waals surface area contributed by atoms with Crippen LogP contribution in [0.15, 0.2) is 21.6 Å². The zero-order valence-electron chi connectivity index (χ0n) is 9.53. The minimum atomic E-state index is 0.298. The van der Waals surface area contributed by atoms with Crippen LogP contribution in [0.2, 0.25) is 5.15 Å². The normalized spacial score (nSPS) is 10.7. The van der Waals surface area contributed by atoms with Crippen molar-refractivity contribution in [3.63, 3.8) is 0 Å². The van der Waals surface area contributed by atoms with Crippen molar-refractivity contribution in [2.45, 2.75) is 12.4 Å². The first-order chi connectivity index (χ1) is 8.61. The van der Waals surface area contributed by atoms with Crippen molar-refractivity contribution in [1.82, 2.24) is 9.97 Å². The number of thiophene rings is 1. The van der Waals surface area contributed by atoms with Gasteiger partial charge in [-0.15, -0.1) is 22.9 Å². The van der Waals surface area contributed by atoms with Crippen LogP contribution in [-0.2, 0) is 12.4 Å². The summed E-state index contributed by atoms with van der Waals surface area (Å²) in [5, 5.41) is 2.51. The number of halogens is 3. The third kappa shape index (κ3) is 3.15. The first kappa shape index (κ1) is 14.1. The Hall–Kier alpha value is -0.360. The maximum Gasteiger partial charge on any atom is 0.138 e. The molecule has 0 saturated carbocycles. The number of hydrogen-bond acceptors (Lipinski definition) is 4. The largest absolute Gasteiger partial charge is 0.355 e. The lowest BCUT2D eigenvalue weighted by atomic mass is 10.3. The highest BCUT2D eigenvalue weighted by Gasteiger charge is 2.13. The van der Waals surface area contributed by atoms with Gasteiger partial charge in [-0.05, 0) is 32.9 Å². The maximum absolute atomic E-state index is 6.01. The number of rotatable bonds is 4. The van der Waals surface area contributed by atoms with Gasteiger partial charge in [0.2, 0.25) is 0 Å². The van der Waals surface area contributed by atoms with Crippen LogP contribution in [0, 0.1) is 0 Å². The van der Waals surface area contributed by atoms with Crippen molar-refractivity contribution in [3.05, 3.63) is 37.8 Å². The predicted octanol–water partition coefficient (Wildman–Crippen LogP) is 4.33. The van der Waals surface area contributed by atoms with E-state index in [4.69, 9.17) is 23.2 Å². The van der Waals surface area contributed by atoms with Crippen molar-refractivity contribution in [2.24, 2.45) is 0 Å². The second-order valence-electron chi connectivity index (χ2n) is 3.72. The summed E-state index contributed by atoms with van der Waals surface area (Å²) < 4.78 is 1.11. The van der Waals surface area contributed by atoms with Gasteiger partial charge >= 0.3 is 0 Å². The summed E-state index contributed by atoms with van der Waals surface area (Å²) in [5.41, 5.74) is 1.97. The number of hydrogen-bond donors (Lipinski definition) is 0. The molecule has 2 heterocycles. The third-order valence-corrected chi connectivity index (χ3v) is 4.55. The topological polar surface area (TPSA) is 29.0 Å². The van der Waals surface area contributed by atoms with E-state index in [0.717, 1.165) is 21.7 Å². The highest BCUT2D eigenvalue weighted by atomic mass is 79.9. The third-order valence-electron chi connectivity index (χ3n) is 2.41. The van der Waals surface area contributed by atoms with Gasteiger partial charge in [0.15, 0.2) is 0 Å². The van der Waals surface area contributed by atoms with Crippen LogP contribution in [0.25, 0.3) is 0 Å². The Morgan fingerprint density at radius 3 is 2.83 bits per heavy atom. The molecule has 0 amide bonds. The molecule has 0 saturated heterocycles. The van der Waals surface area contributed by atoms with E-state index in [0.29, 0.717) is 11.0 Å². The van der Waals surface area contributed by atoms with Gasteiger partial charge in [-0.2, -0.15) is 0 Å². The van der Waals surface area contributed by atoms with E-state index < -0.39 is 0 Å². The van der Waals surface area contributed by atoms with Gasteiger partial charge in [0.25, 0.3) is 0 Å². The van der Waals surface area contributed by atoms with Gasteiger partial charge < -0.3 is 4.90 Å². The molecule has 0 atom stereocenters. The molecule has 0 aliphatic heterocycles. The van der Waals surface area contributed by atoms with Crippen molar-refractivity contribution in [2.75, 3.05) is 11.9 Å². The molecular weight excluding hydrogens is 357 g/mol. The van der Waals surface area contributed by atoms with Crippen LogP contribution in [0.3, 0.4) is 0 Å². The summed E-state index contributed by atoms with van der Waals surface area (Å²) in [6, 6.07) is 2.09. The van der Waals surface area contributed by atoms with Crippen LogP contribution in [0.4, 0.5) is 5.82 Å². The number of anilines is 1. The molecule has 0 aromatic carbocycles. The summed E-state index contributed by atoms with van der Waals surface area (Å²) in [6.45, 7) is 0.749. The first-order valence-electron chi connectivity index (χ1n) is 5.11. The molecule has 0 aliphatic rings. The summed E-state index contributed by atoms with van der Waals surface area (Å²) in [4.78, 5) is 10.2. The van der Waals surface area contributed by atoms with Crippen molar-refractivity contribution in [3.8, 4) is 0 Å². The molecule has 2 aromatic heterocycles. The van der Waals surface area contributed by atoms with Gasteiger partial charge in [0.1, 0.15) is 17.3 Å². The Morgan fingerprint density at radius 1 is 1.44 bits per heavy atom. The van der Waals surface area contributed by atoms with E-state index in [1.54, 1.807) is 11.3 Å². The summed E-state index contributed by atoms with van der Waals surface area (Å²) in [5.74, 6) is 1.07. The Kier molecular flexibility index (Phi) is 4.84. The molecule has 3 nitrogen and oxygen atoms in total. The van der Waals surface area contributed by atoms with E-state index in [1.807, 2.05) is 11.9 Å². The van der Waals surface area contributed by atoms with Crippen LogP contribution in [-0.4, -0.2) is 17.0 Å². The highest BCUT2D eigenvalue weighted by molar-refractivity contribution is 9.11. The fourth-order valence-electron chi connectivity index (χ4n) is 1.60. The van der Waals surface area contributed by atoms with E-state index >= 15 is 0 Å². The van der Waals surface area contributed by atoms with E-state index in [9.17, 15) is 0 Å². The molecule has 0 N–H and O–H groups in total. The lowest BCUT2D eigenvalue weighted by Gasteiger charge is -2.20. The molecule has 0 unspecified atom stereocenters. The SMILES string of the molecule is CN(Cc1csc(Br)c1)c1ncnc(Cl)c1CCl. The Morgan fingerprint density at radius 2 is 2.22 bits per heavy atom. The van der Waals surface area contributed by atoms with E-state index in [1.165, 1.54) is 11.9 Å². The van der Waals surface area contributed by atoms with Crippen molar-refractivity contribution >= 4 is 56.3 Å². The second kappa shape index (κ2) is 6.19. The lowest BCUT2D eigenvalue weighted by molar-refractivity contribution is 0.883. The molecule has 0 aliphatic carbocycles. The zero-order valence-corrected chi connectivity index (χ0v) is 13.4. The first-order valence-corrected chi connectivity index (χ1v) is 7.69. The highest BCUT2D eigenvalue weighted by Crippen LogP contribution is 2.27. The molecule has 2 aromatic rings. The fourth-order valence-corrected chi connectivity index (χ4v) is 3.31. The molecule has 96 valence electrons. The van der Waals surface area contributed by atoms with Crippen LogP contribution >= 0.6 is 50.5 Å². The van der Waals surface area contributed by atoms with E-state index in [2.05, 4.69) is 37.3 Å². The van der Waals surface area contributed by atoms with Gasteiger partial charge in [0.05, 0.1) is 9.67 Å². The van der Waals surface area contributed by atoms with E-state index in [-0.39, 0.29) is 0 Å². The molecule has 18 heavy (non-hydrogen) atoms. The molecule has 7 heteroatoms. The van der Waals surface area contributed by atoms with Crippen LogP contribution < -0.4 is 4.90 Å². The lowest BCUT2D eigenvalue weighted by Crippen LogP contribution is -2.19. The fraction of sp³-hybridized carbons (Fsp3) is 0.273. The Bertz CT molecular complexity index is 547. The maximum atomic E-state index is 6.01. The number of alkyl halides is 1. The number of aromatic nitrogens is 2. The average molecular weight is 367 g/mol. The second-order valence-corrected chi connectivity index (χ2v) is 6.63. The predicted molar refractivity (Wildman–Crippen MR) is 80.7 cm³/mol. The smallest absolute Gasteiger partial charge is 0.138 e. The summed E-state index contributed by atoms with van der Waals surface area (Å²) in [7, 11) is 1.96. The Balaban J connectivity index is 2.23. The standard InChI is InChI=1S/C11H10BrCl2N3S/c1-17(4-7-2-9(12)18-5-7)11-8(3-13)10(14)15-6-16-11/h2,5-6H,3-4H2,1H3. The minimum absolute atomic E-state index is 0.298. The van der Waals surface area contributed by atoms with Crippen LogP contribution in [0.5, 0.6) is 0 Å². The summed E-state index contributed by atoms with van der Waals surface area (Å²) >= 11 is 17.0. The average Bonchev–Trinajstić information content (AvgIpc) is 2.74. The van der Waals surface area contributed by atoms with Crippen molar-refractivity contribution < 1.29 is 0 Å². The number of nitrogens with zero attached hydrogens (tertiary/aromatic N) is 3. The molecule has 0 fully saturated rings. The molecule has 0 bridgehead atoms. The minimum Gasteiger partial charge on any atom is -0.355 e.